The molecule has 7 heteroatoms. The lowest BCUT2D eigenvalue weighted by Crippen LogP contribution is -2.41. The molecule has 2 aliphatic rings. The molecule has 2 aromatic rings. The number of benzene rings is 2. The summed E-state index contributed by atoms with van der Waals surface area (Å²) in [6.45, 7) is 0. The normalized spacial score (nSPS) is 20.0. The van der Waals surface area contributed by atoms with Crippen LogP contribution in [0.1, 0.15) is 18.4 Å². The number of rotatable bonds is 3. The zero-order valence-corrected chi connectivity index (χ0v) is 16.4. The van der Waals surface area contributed by atoms with Gasteiger partial charge >= 0.3 is 0 Å². The van der Waals surface area contributed by atoms with Gasteiger partial charge in [0.25, 0.3) is 0 Å². The minimum Gasteiger partial charge on any atom is -0.392 e. The van der Waals surface area contributed by atoms with Crippen LogP contribution in [0, 0.1) is 5.92 Å². The number of nitrogens with zero attached hydrogens (tertiary/aromatic N) is 3. The largest absolute Gasteiger partial charge is 0.392 e. The maximum absolute atomic E-state index is 13.0. The molecule has 4 rings (SSSR count). The molecule has 0 unspecified atom stereocenters. The van der Waals surface area contributed by atoms with E-state index in [2.05, 4.69) is 5.16 Å². The predicted molar refractivity (Wildman–Crippen MR) is 109 cm³/mol. The number of carbonyl (C=O) groups excluding carboxylic acids is 2. The average Bonchev–Trinajstić information content (AvgIpc) is 3.17. The van der Waals surface area contributed by atoms with Crippen LogP contribution in [-0.4, -0.2) is 37.7 Å². The summed E-state index contributed by atoms with van der Waals surface area (Å²) in [5.41, 5.74) is 3.15. The summed E-state index contributed by atoms with van der Waals surface area (Å²) in [6.07, 6.45) is 0.492. The molecule has 0 fully saturated rings. The molecule has 0 aromatic heterocycles. The number of oxime groups is 1. The van der Waals surface area contributed by atoms with E-state index in [1.807, 2.05) is 36.4 Å². The highest BCUT2D eigenvalue weighted by Crippen LogP contribution is 2.35. The van der Waals surface area contributed by atoms with Gasteiger partial charge in [-0.2, -0.15) is 0 Å². The van der Waals surface area contributed by atoms with E-state index in [1.54, 1.807) is 36.0 Å². The van der Waals surface area contributed by atoms with Gasteiger partial charge in [0.05, 0.1) is 17.1 Å². The monoisotopic (exact) mass is 397 g/mol. The van der Waals surface area contributed by atoms with E-state index in [0.29, 0.717) is 11.4 Å². The highest BCUT2D eigenvalue weighted by atomic mass is 35.5. The Morgan fingerprint density at radius 2 is 1.57 bits per heavy atom. The fraction of sp³-hybridized carbons (Fsp3) is 0.286. The number of halogens is 1. The second-order valence-electron chi connectivity index (χ2n) is 7.05. The smallest absolute Gasteiger partial charge is 0.239 e. The Morgan fingerprint density at radius 1 is 1.00 bits per heavy atom. The molecular formula is C21H20ClN3O3. The lowest BCUT2D eigenvalue weighted by atomic mass is 9.95. The molecule has 144 valence electrons. The van der Waals surface area contributed by atoms with E-state index in [-0.39, 0.29) is 24.3 Å². The van der Waals surface area contributed by atoms with Crippen LogP contribution < -0.4 is 9.80 Å². The van der Waals surface area contributed by atoms with E-state index in [9.17, 15) is 9.59 Å². The average molecular weight is 398 g/mol. The van der Waals surface area contributed by atoms with Crippen molar-refractivity contribution in [1.82, 2.24) is 0 Å². The summed E-state index contributed by atoms with van der Waals surface area (Å²) >= 11 is 5.93. The number of hydrogen-bond acceptors (Lipinski definition) is 4. The Kier molecular flexibility index (Phi) is 4.81. The van der Waals surface area contributed by atoms with Crippen LogP contribution in [0.2, 0.25) is 5.02 Å². The van der Waals surface area contributed by atoms with E-state index in [0.717, 1.165) is 22.6 Å². The molecule has 0 radical (unpaired) electrons. The fourth-order valence-corrected chi connectivity index (χ4v) is 3.80. The Bertz CT molecular complexity index is 917. The maximum Gasteiger partial charge on any atom is 0.239 e. The van der Waals surface area contributed by atoms with Crippen molar-refractivity contribution in [2.75, 3.05) is 23.9 Å². The third kappa shape index (κ3) is 3.24. The second kappa shape index (κ2) is 7.28. The van der Waals surface area contributed by atoms with Crippen molar-refractivity contribution in [1.29, 1.82) is 0 Å². The third-order valence-corrected chi connectivity index (χ3v) is 5.52. The van der Waals surface area contributed by atoms with Gasteiger partial charge in [-0.1, -0.05) is 41.0 Å². The highest BCUT2D eigenvalue weighted by Gasteiger charge is 2.40. The van der Waals surface area contributed by atoms with Gasteiger partial charge in [-0.05, 0) is 29.8 Å². The first-order chi connectivity index (χ1) is 13.5. The van der Waals surface area contributed by atoms with Crippen molar-refractivity contribution in [2.45, 2.75) is 18.9 Å². The van der Waals surface area contributed by atoms with E-state index in [1.165, 1.54) is 0 Å². The molecule has 2 aromatic carbocycles. The molecule has 2 aliphatic heterocycles. The third-order valence-electron chi connectivity index (χ3n) is 5.27. The van der Waals surface area contributed by atoms with Gasteiger partial charge in [0.2, 0.25) is 11.8 Å². The topological polar surface area (TPSA) is 62.2 Å². The van der Waals surface area contributed by atoms with Crippen LogP contribution in [0.4, 0.5) is 11.4 Å². The second-order valence-corrected chi connectivity index (χ2v) is 7.48. The summed E-state index contributed by atoms with van der Waals surface area (Å²) in [7, 11) is 3.40. The predicted octanol–water partition coefficient (Wildman–Crippen LogP) is 3.48. The summed E-state index contributed by atoms with van der Waals surface area (Å²) in [5, 5.41) is 4.81. The zero-order valence-electron chi connectivity index (χ0n) is 15.6. The van der Waals surface area contributed by atoms with Gasteiger partial charge in [0.1, 0.15) is 12.0 Å². The highest BCUT2D eigenvalue weighted by molar-refractivity contribution is 6.30. The van der Waals surface area contributed by atoms with Crippen LogP contribution in [-0.2, 0) is 14.4 Å². The molecule has 28 heavy (non-hydrogen) atoms. The molecule has 6 nitrogen and oxygen atoms in total. The minimum absolute atomic E-state index is 0.231. The number of hydrogen-bond donors (Lipinski definition) is 0. The van der Waals surface area contributed by atoms with Gasteiger partial charge in [-0.15, -0.1) is 0 Å². The van der Waals surface area contributed by atoms with Gasteiger partial charge in [-0.25, -0.2) is 0 Å². The molecule has 0 spiro atoms. The molecule has 0 N–H and O–H groups in total. The quantitative estimate of drug-likeness (QED) is 0.745. The molecule has 2 heterocycles. The first-order valence-corrected chi connectivity index (χ1v) is 9.46. The van der Waals surface area contributed by atoms with Crippen molar-refractivity contribution in [3.05, 3.63) is 59.1 Å². The lowest BCUT2D eigenvalue weighted by Gasteiger charge is -2.21. The van der Waals surface area contributed by atoms with Crippen molar-refractivity contribution < 1.29 is 14.4 Å². The summed E-state index contributed by atoms with van der Waals surface area (Å²) in [6, 6.07) is 14.8. The summed E-state index contributed by atoms with van der Waals surface area (Å²) < 4.78 is 0. The summed E-state index contributed by atoms with van der Waals surface area (Å²) in [5.74, 6) is -1.28. The number of fused-ring (bicyclic) bond motifs is 1. The minimum atomic E-state index is -0.813. The van der Waals surface area contributed by atoms with Crippen LogP contribution in [0.15, 0.2) is 53.7 Å². The van der Waals surface area contributed by atoms with Crippen molar-refractivity contribution in [2.24, 2.45) is 11.1 Å². The first-order valence-electron chi connectivity index (χ1n) is 9.08. The van der Waals surface area contributed by atoms with Gasteiger partial charge in [-0.3, -0.25) is 9.59 Å². The molecule has 0 bridgehead atoms. The maximum atomic E-state index is 13.0. The van der Waals surface area contributed by atoms with Crippen LogP contribution in [0.5, 0.6) is 0 Å². The van der Waals surface area contributed by atoms with Crippen molar-refractivity contribution in [3.63, 3.8) is 0 Å². The van der Waals surface area contributed by atoms with E-state index < -0.39 is 5.92 Å². The Balaban J connectivity index is 1.52. The van der Waals surface area contributed by atoms with Gasteiger partial charge in [0.15, 0.2) is 0 Å². The van der Waals surface area contributed by atoms with Crippen molar-refractivity contribution >= 4 is 40.5 Å². The van der Waals surface area contributed by atoms with Gasteiger partial charge in [0, 0.05) is 32.0 Å². The van der Waals surface area contributed by atoms with Crippen LogP contribution in [0.25, 0.3) is 0 Å². The SMILES string of the molecule is CN1C(=O)C(C[C@H]2CC(c3ccc(Cl)cc3)=NO2)C(=O)N(C)c2ccccc21. The number of para-hydroxylation sites is 2. The lowest BCUT2D eigenvalue weighted by molar-refractivity contribution is -0.133. The number of anilines is 2. The van der Waals surface area contributed by atoms with Crippen molar-refractivity contribution in [3.8, 4) is 0 Å². The molecule has 2 amide bonds. The zero-order chi connectivity index (χ0) is 19.8. The van der Waals surface area contributed by atoms with Gasteiger partial charge < -0.3 is 14.6 Å². The van der Waals surface area contributed by atoms with E-state index in [4.69, 9.17) is 16.4 Å². The first kappa shape index (κ1) is 18.5. The number of carbonyl (C=O) groups is 2. The molecule has 1 atom stereocenters. The molecule has 0 saturated carbocycles. The Labute approximate surface area is 168 Å². The van der Waals surface area contributed by atoms with Crippen LogP contribution >= 0.6 is 11.6 Å². The molecule has 0 aliphatic carbocycles. The molecule has 0 saturated heterocycles. The van der Waals surface area contributed by atoms with E-state index >= 15 is 0 Å². The molecular weight excluding hydrogens is 378 g/mol. The Hall–Kier alpha value is -2.86. The Morgan fingerprint density at radius 3 is 2.14 bits per heavy atom. The van der Waals surface area contributed by atoms with Crippen LogP contribution in [0.3, 0.4) is 0 Å². The fourth-order valence-electron chi connectivity index (χ4n) is 3.67. The number of amides is 2. The standard InChI is InChI=1S/C21H20ClN3O3/c1-24-18-5-3-4-6-19(18)25(2)21(27)16(20(24)26)11-15-12-17(23-28-15)13-7-9-14(22)10-8-13/h3-10,15-16H,11-12H2,1-2H3/t15-/m0/s1. The summed E-state index contributed by atoms with van der Waals surface area (Å²) in [4.78, 5) is 34.7.